The number of rotatable bonds is 4. The lowest BCUT2D eigenvalue weighted by Gasteiger charge is -2.14. The zero-order valence-corrected chi connectivity index (χ0v) is 11.4. The first kappa shape index (κ1) is 15.5. The summed E-state index contributed by atoms with van der Waals surface area (Å²) in [6.45, 7) is -0.0175. The van der Waals surface area contributed by atoms with Crippen molar-refractivity contribution in [2.45, 2.75) is 12.3 Å². The lowest BCUT2D eigenvalue weighted by atomic mass is 10.1. The minimum Gasteiger partial charge on any atom is -0.387 e. The number of hydrogen-bond donors (Lipinski definition) is 2. The fourth-order valence-corrected chi connectivity index (χ4v) is 1.82. The number of halogens is 4. The Morgan fingerprint density at radius 1 is 1.29 bits per heavy atom. The predicted octanol–water partition coefficient (Wildman–Crippen LogP) is 3.29. The molecule has 8 heteroatoms. The molecule has 1 heterocycles. The summed E-state index contributed by atoms with van der Waals surface area (Å²) in [4.78, 5) is 7.69. The monoisotopic (exact) mass is 317 g/mol. The van der Waals surface area contributed by atoms with Crippen LogP contribution in [0.3, 0.4) is 0 Å². The summed E-state index contributed by atoms with van der Waals surface area (Å²) in [6.07, 6.45) is -2.82. The van der Waals surface area contributed by atoms with E-state index >= 15 is 0 Å². The van der Waals surface area contributed by atoms with Crippen molar-refractivity contribution >= 4 is 17.4 Å². The van der Waals surface area contributed by atoms with Gasteiger partial charge in [-0.2, -0.15) is 13.2 Å². The Labute approximate surface area is 123 Å². The third-order valence-corrected chi connectivity index (χ3v) is 2.86. The highest BCUT2D eigenvalue weighted by Gasteiger charge is 2.30. The number of nitrogens with one attached hydrogen (secondary N) is 1. The first-order valence-electron chi connectivity index (χ1n) is 5.93. The molecule has 2 rings (SSSR count). The topological polar surface area (TPSA) is 58.0 Å². The number of nitrogens with zero attached hydrogens (tertiary/aromatic N) is 2. The maximum Gasteiger partial charge on any atom is 0.416 e. The van der Waals surface area contributed by atoms with Gasteiger partial charge in [0.25, 0.3) is 0 Å². The SMILES string of the molecule is O[C@H](CNc1cncc(Cl)n1)c1cccc(C(F)(F)F)c1. The normalized spacial score (nSPS) is 13.0. The molecule has 0 radical (unpaired) electrons. The molecule has 21 heavy (non-hydrogen) atoms. The van der Waals surface area contributed by atoms with Gasteiger partial charge in [0.05, 0.1) is 24.1 Å². The van der Waals surface area contributed by atoms with Gasteiger partial charge in [-0.15, -0.1) is 0 Å². The predicted molar refractivity (Wildman–Crippen MR) is 71.9 cm³/mol. The molecule has 0 saturated carbocycles. The standard InChI is InChI=1S/C13H11ClF3N3O/c14-11-6-18-7-12(20-11)19-5-10(21)8-2-1-3-9(4-8)13(15,16)17/h1-4,6-7,10,21H,5H2,(H,19,20)/t10-/m1/s1. The molecule has 2 N–H and O–H groups in total. The van der Waals surface area contributed by atoms with E-state index in [1.807, 2.05) is 0 Å². The van der Waals surface area contributed by atoms with Crippen molar-refractivity contribution in [3.63, 3.8) is 0 Å². The molecule has 0 bridgehead atoms. The fraction of sp³-hybridized carbons (Fsp3) is 0.231. The first-order chi connectivity index (χ1) is 9.86. The molecule has 0 aliphatic heterocycles. The van der Waals surface area contributed by atoms with Crippen LogP contribution in [0.1, 0.15) is 17.2 Å². The number of alkyl halides is 3. The van der Waals surface area contributed by atoms with Crippen LogP contribution >= 0.6 is 11.6 Å². The van der Waals surface area contributed by atoms with E-state index in [4.69, 9.17) is 11.6 Å². The van der Waals surface area contributed by atoms with Crippen molar-refractivity contribution in [2.24, 2.45) is 0 Å². The molecule has 0 aliphatic rings. The van der Waals surface area contributed by atoms with E-state index in [-0.39, 0.29) is 17.3 Å². The summed E-state index contributed by atoms with van der Waals surface area (Å²) in [5.74, 6) is 0.327. The highest BCUT2D eigenvalue weighted by molar-refractivity contribution is 6.29. The Morgan fingerprint density at radius 3 is 2.71 bits per heavy atom. The van der Waals surface area contributed by atoms with Crippen LogP contribution < -0.4 is 5.32 Å². The van der Waals surface area contributed by atoms with Gasteiger partial charge < -0.3 is 10.4 Å². The summed E-state index contributed by atoms with van der Waals surface area (Å²) < 4.78 is 37.8. The Kier molecular flexibility index (Phi) is 4.64. The molecule has 0 amide bonds. The van der Waals surface area contributed by atoms with Crippen LogP contribution in [0.25, 0.3) is 0 Å². The lowest BCUT2D eigenvalue weighted by molar-refractivity contribution is -0.137. The minimum absolute atomic E-state index is 0.0175. The van der Waals surface area contributed by atoms with Crippen molar-refractivity contribution in [3.8, 4) is 0 Å². The molecule has 1 aromatic carbocycles. The Bertz CT molecular complexity index is 622. The number of aliphatic hydroxyl groups excluding tert-OH is 1. The van der Waals surface area contributed by atoms with Crippen molar-refractivity contribution in [1.29, 1.82) is 0 Å². The maximum atomic E-state index is 12.6. The highest BCUT2D eigenvalue weighted by Crippen LogP contribution is 2.30. The molecule has 1 aromatic heterocycles. The molecule has 0 aliphatic carbocycles. The minimum atomic E-state index is -4.44. The Hall–Kier alpha value is -1.86. The van der Waals surface area contributed by atoms with Crippen LogP contribution in [-0.4, -0.2) is 21.6 Å². The van der Waals surface area contributed by atoms with Crippen molar-refractivity contribution in [1.82, 2.24) is 9.97 Å². The third kappa shape index (κ3) is 4.30. The molecule has 0 unspecified atom stereocenters. The van der Waals surface area contributed by atoms with E-state index < -0.39 is 17.8 Å². The van der Waals surface area contributed by atoms with Gasteiger partial charge in [-0.3, -0.25) is 4.98 Å². The van der Waals surface area contributed by atoms with Crippen LogP contribution in [0.15, 0.2) is 36.7 Å². The average Bonchev–Trinajstić information content (AvgIpc) is 2.44. The van der Waals surface area contributed by atoms with Crippen LogP contribution in [0.2, 0.25) is 5.15 Å². The average molecular weight is 318 g/mol. The second-order valence-corrected chi connectivity index (χ2v) is 4.63. The van der Waals surface area contributed by atoms with Crippen molar-refractivity contribution in [2.75, 3.05) is 11.9 Å². The van der Waals surface area contributed by atoms with Crippen molar-refractivity contribution in [3.05, 3.63) is 52.9 Å². The molecule has 112 valence electrons. The quantitative estimate of drug-likeness (QED) is 0.908. The first-order valence-corrected chi connectivity index (χ1v) is 6.30. The maximum absolute atomic E-state index is 12.6. The number of anilines is 1. The van der Waals surface area contributed by atoms with E-state index in [1.54, 1.807) is 0 Å². The molecular weight excluding hydrogens is 307 g/mol. The summed E-state index contributed by atoms with van der Waals surface area (Å²) in [5.41, 5.74) is -0.645. The van der Waals surface area contributed by atoms with Crippen LogP contribution in [0, 0.1) is 0 Å². The molecular formula is C13H11ClF3N3O. The second-order valence-electron chi connectivity index (χ2n) is 4.25. The molecule has 2 aromatic rings. The smallest absolute Gasteiger partial charge is 0.387 e. The van der Waals surface area contributed by atoms with Gasteiger partial charge in [0.2, 0.25) is 0 Å². The zero-order chi connectivity index (χ0) is 15.5. The molecule has 0 spiro atoms. The van der Waals surface area contributed by atoms with Crippen molar-refractivity contribution < 1.29 is 18.3 Å². The molecule has 0 saturated heterocycles. The summed E-state index contributed by atoms with van der Waals surface area (Å²) in [6, 6.07) is 4.54. The number of aliphatic hydroxyl groups is 1. The summed E-state index contributed by atoms with van der Waals surface area (Å²) in [5, 5.41) is 12.9. The highest BCUT2D eigenvalue weighted by atomic mass is 35.5. The van der Waals surface area contributed by atoms with E-state index in [1.165, 1.54) is 24.5 Å². The number of benzene rings is 1. The number of hydrogen-bond acceptors (Lipinski definition) is 4. The Morgan fingerprint density at radius 2 is 2.05 bits per heavy atom. The third-order valence-electron chi connectivity index (χ3n) is 2.68. The van der Waals surface area contributed by atoms with Gasteiger partial charge in [0, 0.05) is 6.54 Å². The molecule has 0 fully saturated rings. The van der Waals surface area contributed by atoms with Gasteiger partial charge in [0.15, 0.2) is 0 Å². The van der Waals surface area contributed by atoms with Gasteiger partial charge in [-0.25, -0.2) is 4.98 Å². The zero-order valence-electron chi connectivity index (χ0n) is 10.6. The van der Waals surface area contributed by atoms with E-state index in [9.17, 15) is 18.3 Å². The van der Waals surface area contributed by atoms with Gasteiger partial charge in [0.1, 0.15) is 11.0 Å². The second kappa shape index (κ2) is 6.28. The summed E-state index contributed by atoms with van der Waals surface area (Å²) >= 11 is 5.65. The molecule has 4 nitrogen and oxygen atoms in total. The van der Waals surface area contributed by atoms with Crippen LogP contribution in [-0.2, 0) is 6.18 Å². The van der Waals surface area contributed by atoms with E-state index in [0.717, 1.165) is 12.1 Å². The van der Waals surface area contributed by atoms with E-state index in [2.05, 4.69) is 15.3 Å². The van der Waals surface area contributed by atoms with Crippen LogP contribution in [0.5, 0.6) is 0 Å². The lowest BCUT2D eigenvalue weighted by Crippen LogP contribution is -2.14. The Balaban J connectivity index is 2.05. The molecule has 1 atom stereocenters. The fourth-order valence-electron chi connectivity index (χ4n) is 1.67. The van der Waals surface area contributed by atoms with Gasteiger partial charge >= 0.3 is 6.18 Å². The summed E-state index contributed by atoms with van der Waals surface area (Å²) in [7, 11) is 0. The number of aromatic nitrogens is 2. The van der Waals surface area contributed by atoms with Gasteiger partial charge in [-0.1, -0.05) is 23.7 Å². The largest absolute Gasteiger partial charge is 0.416 e. The van der Waals surface area contributed by atoms with Crippen LogP contribution in [0.4, 0.5) is 19.0 Å². The van der Waals surface area contributed by atoms with E-state index in [0.29, 0.717) is 5.82 Å². The van der Waals surface area contributed by atoms with Gasteiger partial charge in [-0.05, 0) is 17.7 Å².